The molecular formula is C9H9ClNO3P. The van der Waals surface area contributed by atoms with Gasteiger partial charge in [0.2, 0.25) is 0 Å². The SMILES string of the molecule is CC(C(=O)OP)c1ccc(N=O)c(Cl)c1. The van der Waals surface area contributed by atoms with E-state index in [2.05, 4.69) is 9.70 Å². The summed E-state index contributed by atoms with van der Waals surface area (Å²) in [5, 5.41) is 2.96. The van der Waals surface area contributed by atoms with Crippen LogP contribution in [0.15, 0.2) is 23.4 Å². The third-order valence-corrected chi connectivity index (χ3v) is 2.57. The maximum Gasteiger partial charge on any atom is 0.315 e. The normalized spacial score (nSPS) is 11.9. The molecule has 0 aliphatic heterocycles. The molecule has 6 heteroatoms. The summed E-state index contributed by atoms with van der Waals surface area (Å²) in [6.07, 6.45) is 0. The highest BCUT2D eigenvalue weighted by atomic mass is 35.5. The lowest BCUT2D eigenvalue weighted by molar-refractivity contribution is -0.134. The van der Waals surface area contributed by atoms with Crippen molar-refractivity contribution >= 4 is 32.7 Å². The Morgan fingerprint density at radius 1 is 1.60 bits per heavy atom. The van der Waals surface area contributed by atoms with Gasteiger partial charge in [-0.3, -0.25) is 4.79 Å². The van der Waals surface area contributed by atoms with E-state index in [0.717, 1.165) is 0 Å². The second-order valence-corrected chi connectivity index (χ2v) is 3.60. The zero-order chi connectivity index (χ0) is 11.4. The maximum atomic E-state index is 11.2. The van der Waals surface area contributed by atoms with Crippen LogP contribution < -0.4 is 0 Å². The van der Waals surface area contributed by atoms with E-state index < -0.39 is 5.92 Å². The van der Waals surface area contributed by atoms with Crippen molar-refractivity contribution in [3.8, 4) is 0 Å². The molecule has 0 aliphatic rings. The van der Waals surface area contributed by atoms with Crippen molar-refractivity contribution in [2.45, 2.75) is 12.8 Å². The van der Waals surface area contributed by atoms with Gasteiger partial charge in [-0.05, 0) is 29.8 Å². The lowest BCUT2D eigenvalue weighted by Gasteiger charge is -2.09. The zero-order valence-corrected chi connectivity index (χ0v) is 9.85. The van der Waals surface area contributed by atoms with Gasteiger partial charge in [-0.2, -0.15) is 0 Å². The quantitative estimate of drug-likeness (QED) is 0.607. The minimum atomic E-state index is -0.430. The van der Waals surface area contributed by atoms with Crippen LogP contribution in [-0.2, 0) is 9.32 Å². The molecule has 0 fully saturated rings. The zero-order valence-electron chi connectivity index (χ0n) is 7.94. The fourth-order valence-corrected chi connectivity index (χ4v) is 1.53. The summed E-state index contributed by atoms with van der Waals surface area (Å²) in [7, 11) is 1.89. The molecule has 0 aromatic heterocycles. The summed E-state index contributed by atoms with van der Waals surface area (Å²) in [4.78, 5) is 21.5. The topological polar surface area (TPSA) is 55.7 Å². The predicted octanol–water partition coefficient (Wildman–Crippen LogP) is 3.17. The van der Waals surface area contributed by atoms with Crippen LogP contribution in [0.3, 0.4) is 0 Å². The second-order valence-electron chi connectivity index (χ2n) is 2.96. The molecule has 2 unspecified atom stereocenters. The largest absolute Gasteiger partial charge is 0.451 e. The van der Waals surface area contributed by atoms with Crippen molar-refractivity contribution < 1.29 is 9.32 Å². The van der Waals surface area contributed by atoms with Gasteiger partial charge in [0.15, 0.2) is 0 Å². The number of hydrogen-bond acceptors (Lipinski definition) is 4. The predicted molar refractivity (Wildman–Crippen MR) is 61.1 cm³/mol. The summed E-state index contributed by atoms with van der Waals surface area (Å²) >= 11 is 5.77. The first-order valence-electron chi connectivity index (χ1n) is 4.13. The molecule has 0 spiro atoms. The van der Waals surface area contributed by atoms with Gasteiger partial charge in [-0.15, -0.1) is 4.91 Å². The highest BCUT2D eigenvalue weighted by molar-refractivity contribution is 7.10. The molecule has 15 heavy (non-hydrogen) atoms. The fraction of sp³-hybridized carbons (Fsp3) is 0.222. The van der Waals surface area contributed by atoms with E-state index in [4.69, 9.17) is 11.6 Å². The Labute approximate surface area is 94.2 Å². The Bertz CT molecular complexity index is 397. The van der Waals surface area contributed by atoms with Crippen molar-refractivity contribution in [2.75, 3.05) is 0 Å². The number of nitrogens with zero attached hydrogens (tertiary/aromatic N) is 1. The molecule has 4 nitrogen and oxygen atoms in total. The number of carbonyl (C=O) groups excluding carboxylic acids is 1. The summed E-state index contributed by atoms with van der Waals surface area (Å²) in [5.74, 6) is -0.816. The number of carbonyl (C=O) groups is 1. The van der Waals surface area contributed by atoms with Crippen LogP contribution in [0.4, 0.5) is 5.69 Å². The van der Waals surface area contributed by atoms with Gasteiger partial charge < -0.3 is 4.52 Å². The third kappa shape index (κ3) is 2.74. The van der Waals surface area contributed by atoms with E-state index in [-0.39, 0.29) is 16.7 Å². The summed E-state index contributed by atoms with van der Waals surface area (Å²) in [6.45, 7) is 1.69. The Hall–Kier alpha value is -0.990. The molecule has 1 aromatic rings. The van der Waals surface area contributed by atoms with Crippen LogP contribution in [0.1, 0.15) is 18.4 Å². The van der Waals surface area contributed by atoms with Gasteiger partial charge in [0.25, 0.3) is 0 Å². The summed E-state index contributed by atoms with van der Waals surface area (Å²) in [6, 6.07) is 4.62. The number of nitroso groups, excluding NO2 is 1. The number of hydrogen-bond donors (Lipinski definition) is 0. The van der Waals surface area contributed by atoms with E-state index in [1.807, 2.05) is 9.47 Å². The monoisotopic (exact) mass is 245 g/mol. The Kier molecular flexibility index (Phi) is 4.18. The minimum Gasteiger partial charge on any atom is -0.451 e. The summed E-state index contributed by atoms with van der Waals surface area (Å²) < 4.78 is 4.51. The first kappa shape index (κ1) is 12.1. The molecular weight excluding hydrogens is 237 g/mol. The van der Waals surface area contributed by atoms with Gasteiger partial charge in [0.05, 0.1) is 20.4 Å². The molecule has 0 bridgehead atoms. The Morgan fingerprint density at radius 3 is 2.73 bits per heavy atom. The van der Waals surface area contributed by atoms with E-state index in [0.29, 0.717) is 5.56 Å². The number of rotatable bonds is 3. The van der Waals surface area contributed by atoms with Crippen LogP contribution in [0.2, 0.25) is 5.02 Å². The van der Waals surface area contributed by atoms with Gasteiger partial charge in [-0.25, -0.2) is 0 Å². The van der Waals surface area contributed by atoms with Crippen LogP contribution in [-0.4, -0.2) is 5.97 Å². The average Bonchev–Trinajstić information content (AvgIpc) is 2.26. The molecule has 80 valence electrons. The number of halogens is 1. The summed E-state index contributed by atoms with van der Waals surface area (Å²) in [5.41, 5.74) is 0.840. The van der Waals surface area contributed by atoms with Crippen molar-refractivity contribution in [3.63, 3.8) is 0 Å². The second kappa shape index (κ2) is 5.19. The van der Waals surface area contributed by atoms with E-state index in [9.17, 15) is 9.70 Å². The smallest absolute Gasteiger partial charge is 0.315 e. The molecule has 1 rings (SSSR count). The minimum absolute atomic E-state index is 0.159. The maximum absolute atomic E-state index is 11.2. The first-order valence-corrected chi connectivity index (χ1v) is 4.98. The lowest BCUT2D eigenvalue weighted by Crippen LogP contribution is -2.08. The van der Waals surface area contributed by atoms with Crippen molar-refractivity contribution in [1.29, 1.82) is 0 Å². The Balaban J connectivity index is 3.02. The molecule has 0 N–H and O–H groups in total. The molecule has 2 atom stereocenters. The van der Waals surface area contributed by atoms with E-state index in [1.165, 1.54) is 12.1 Å². The average molecular weight is 246 g/mol. The van der Waals surface area contributed by atoms with Gasteiger partial charge in [-0.1, -0.05) is 17.7 Å². The molecule has 0 radical (unpaired) electrons. The molecule has 0 saturated carbocycles. The van der Waals surface area contributed by atoms with Crippen molar-refractivity contribution in [1.82, 2.24) is 0 Å². The van der Waals surface area contributed by atoms with Gasteiger partial charge >= 0.3 is 5.97 Å². The molecule has 0 aliphatic carbocycles. The van der Waals surface area contributed by atoms with E-state index >= 15 is 0 Å². The lowest BCUT2D eigenvalue weighted by atomic mass is 10.0. The Morgan fingerprint density at radius 2 is 2.27 bits per heavy atom. The van der Waals surface area contributed by atoms with Gasteiger partial charge in [0.1, 0.15) is 5.69 Å². The van der Waals surface area contributed by atoms with Crippen LogP contribution in [0.25, 0.3) is 0 Å². The molecule has 1 aromatic carbocycles. The van der Waals surface area contributed by atoms with Gasteiger partial charge in [0, 0.05) is 0 Å². The highest BCUT2D eigenvalue weighted by Crippen LogP contribution is 2.29. The fourth-order valence-electron chi connectivity index (χ4n) is 1.10. The highest BCUT2D eigenvalue weighted by Gasteiger charge is 2.16. The van der Waals surface area contributed by atoms with Crippen molar-refractivity contribution in [3.05, 3.63) is 33.7 Å². The third-order valence-electron chi connectivity index (χ3n) is 2.04. The van der Waals surface area contributed by atoms with Crippen LogP contribution in [0, 0.1) is 4.91 Å². The standard InChI is InChI=1S/C9H9ClNO3P/c1-5(9(12)14-15)6-2-3-8(11-13)7(10)4-6/h2-5H,15H2,1H3. The van der Waals surface area contributed by atoms with Crippen LogP contribution >= 0.6 is 21.1 Å². The number of benzene rings is 1. The first-order chi connectivity index (χ1) is 7.10. The van der Waals surface area contributed by atoms with E-state index in [1.54, 1.807) is 13.0 Å². The van der Waals surface area contributed by atoms with Crippen LogP contribution in [0.5, 0.6) is 0 Å². The van der Waals surface area contributed by atoms with Crippen molar-refractivity contribution in [2.24, 2.45) is 5.18 Å². The molecule has 0 saturated heterocycles. The molecule has 0 amide bonds. The molecule has 0 heterocycles.